The van der Waals surface area contributed by atoms with E-state index in [1.54, 1.807) is 16.6 Å². The van der Waals surface area contributed by atoms with Crippen molar-refractivity contribution in [3.63, 3.8) is 0 Å². The zero-order valence-electron chi connectivity index (χ0n) is 45.6. The summed E-state index contributed by atoms with van der Waals surface area (Å²) in [7, 11) is 0. The molecule has 69 heavy (non-hydrogen) atoms. The van der Waals surface area contributed by atoms with Crippen LogP contribution in [-0.2, 0) is 32.5 Å². The molecule has 5 aromatic rings. The molecule has 4 atom stereocenters. The highest BCUT2D eigenvalue weighted by Gasteiger charge is 2.64. The SMILES string of the molecule is Cc1cc(C(C)(C)C)cc(C)c1N1C2=C(B3c4cc(C(C)(C)C)cc5c4N(c4cc(N6c7ccc(C(C)(C)C)cc7C7(C)CCCCC67C)cc1c43)C1(C)CCCCC51C)C(C)(C)c1ccccc12. The Bertz CT molecular complexity index is 3090. The molecule has 7 aliphatic rings. The third kappa shape index (κ3) is 5.64. The number of benzene rings is 5. The number of aryl methyl sites for hydroxylation is 2. The maximum atomic E-state index is 2.99. The van der Waals surface area contributed by atoms with E-state index in [-0.39, 0.29) is 50.3 Å². The molecule has 3 nitrogen and oxygen atoms in total. The fourth-order valence-electron chi connectivity index (χ4n) is 16.0. The molecule has 5 aromatic carbocycles. The minimum Gasteiger partial charge on any atom is -0.335 e. The van der Waals surface area contributed by atoms with E-state index in [0.717, 1.165) is 0 Å². The first-order chi connectivity index (χ1) is 32.2. The van der Waals surface area contributed by atoms with Crippen molar-refractivity contribution in [2.45, 2.75) is 213 Å². The fourth-order valence-corrected chi connectivity index (χ4v) is 16.0. The molecular weight excluding hydrogens is 834 g/mol. The molecule has 0 N–H and O–H groups in total. The lowest BCUT2D eigenvalue weighted by atomic mass is 9.30. The molecule has 3 aliphatic carbocycles. The highest BCUT2D eigenvalue weighted by molar-refractivity contribution is 6.96. The van der Waals surface area contributed by atoms with Crippen LogP contribution in [0.3, 0.4) is 0 Å². The molecule has 2 fully saturated rings. The van der Waals surface area contributed by atoms with Crippen LogP contribution >= 0.6 is 0 Å². The Balaban J connectivity index is 1.26. The highest BCUT2D eigenvalue weighted by atomic mass is 15.3. The molecule has 0 spiro atoms. The molecule has 0 saturated heterocycles. The van der Waals surface area contributed by atoms with Gasteiger partial charge in [-0.1, -0.05) is 182 Å². The Hall–Kier alpha value is -4.70. The Labute approximate surface area is 417 Å². The Kier molecular flexibility index (Phi) is 9.11. The summed E-state index contributed by atoms with van der Waals surface area (Å²) in [6.45, 7) is 42.2. The summed E-state index contributed by atoms with van der Waals surface area (Å²) in [4.78, 5) is 8.72. The number of nitrogens with zero attached hydrogens (tertiary/aromatic N) is 3. The lowest BCUT2D eigenvalue weighted by molar-refractivity contribution is 0.194. The third-order valence-electron chi connectivity index (χ3n) is 20.4. The van der Waals surface area contributed by atoms with Gasteiger partial charge in [-0.3, -0.25) is 0 Å². The van der Waals surface area contributed by atoms with Crippen molar-refractivity contribution in [1.82, 2.24) is 0 Å². The van der Waals surface area contributed by atoms with Crippen LogP contribution in [0, 0.1) is 13.8 Å². The smallest absolute Gasteiger partial charge is 0.248 e. The second-order valence-electron chi connectivity index (χ2n) is 27.8. The van der Waals surface area contributed by atoms with E-state index in [1.807, 2.05) is 0 Å². The standard InChI is InChI=1S/C65H80BN3/c1-39-32-42(59(6,7)8)33-40(2)54(39)67-51-37-44(68-50-27-26-41(58(3,4)5)34-47(50)62(14)28-20-22-30-64(62,68)16)38-52-53(51)66(57-55(67)45-24-18-19-25-46(45)61(57,12)13)49-36-43(60(9,10)11)35-48-56(49)69(52)65(17)31-23-21-29-63(48,65)15/h18-19,24-27,32-38H,20-23,28-31H2,1-17H3. The lowest BCUT2D eigenvalue weighted by Crippen LogP contribution is -2.62. The van der Waals surface area contributed by atoms with Gasteiger partial charge in [-0.2, -0.15) is 0 Å². The average molecular weight is 914 g/mol. The van der Waals surface area contributed by atoms with Crippen molar-refractivity contribution >= 4 is 57.5 Å². The summed E-state index contributed by atoms with van der Waals surface area (Å²) in [6, 6.07) is 33.0. The van der Waals surface area contributed by atoms with Crippen LogP contribution in [-0.4, -0.2) is 17.8 Å². The van der Waals surface area contributed by atoms with Crippen LogP contribution in [0.25, 0.3) is 5.70 Å². The molecule has 4 heteroatoms. The van der Waals surface area contributed by atoms with Gasteiger partial charge in [0, 0.05) is 55.9 Å². The Morgan fingerprint density at radius 1 is 0.493 bits per heavy atom. The molecule has 0 amide bonds. The van der Waals surface area contributed by atoms with Gasteiger partial charge in [-0.25, -0.2) is 0 Å². The molecule has 4 aliphatic heterocycles. The van der Waals surface area contributed by atoms with E-state index in [9.17, 15) is 0 Å². The van der Waals surface area contributed by atoms with E-state index >= 15 is 0 Å². The van der Waals surface area contributed by atoms with E-state index in [0.29, 0.717) is 0 Å². The monoisotopic (exact) mass is 914 g/mol. The summed E-state index contributed by atoms with van der Waals surface area (Å²) >= 11 is 0. The third-order valence-corrected chi connectivity index (χ3v) is 20.4. The van der Waals surface area contributed by atoms with Gasteiger partial charge in [0.2, 0.25) is 6.71 Å². The van der Waals surface area contributed by atoms with Gasteiger partial charge in [-0.05, 0) is 143 Å². The number of hydrogen-bond donors (Lipinski definition) is 0. The van der Waals surface area contributed by atoms with Crippen LogP contribution in [0.15, 0.2) is 84.3 Å². The molecule has 2 saturated carbocycles. The van der Waals surface area contributed by atoms with Crippen molar-refractivity contribution in [3.05, 3.63) is 134 Å². The maximum Gasteiger partial charge on any atom is 0.248 e. The zero-order chi connectivity index (χ0) is 49.1. The fraction of sp³-hybridized carbons (Fsp3) is 0.508. The molecule has 358 valence electrons. The Morgan fingerprint density at radius 2 is 1.03 bits per heavy atom. The molecule has 12 rings (SSSR count). The number of rotatable bonds is 2. The summed E-state index contributed by atoms with van der Waals surface area (Å²) in [5.41, 5.74) is 27.2. The number of allylic oxidation sites excluding steroid dienone is 1. The van der Waals surface area contributed by atoms with Crippen LogP contribution in [0.5, 0.6) is 0 Å². The largest absolute Gasteiger partial charge is 0.335 e. The maximum absolute atomic E-state index is 2.99. The lowest BCUT2D eigenvalue weighted by Gasteiger charge is -2.54. The summed E-state index contributed by atoms with van der Waals surface area (Å²) < 4.78 is 0. The summed E-state index contributed by atoms with van der Waals surface area (Å²) in [5.74, 6) is 0. The van der Waals surface area contributed by atoms with Crippen molar-refractivity contribution in [3.8, 4) is 0 Å². The summed E-state index contributed by atoms with van der Waals surface area (Å²) in [6.07, 6.45) is 9.86. The molecule has 4 unspecified atom stereocenters. The van der Waals surface area contributed by atoms with Crippen molar-refractivity contribution in [1.29, 1.82) is 0 Å². The Morgan fingerprint density at radius 3 is 1.65 bits per heavy atom. The number of hydrogen-bond acceptors (Lipinski definition) is 3. The number of anilines is 6. The van der Waals surface area contributed by atoms with Gasteiger partial charge in [0.1, 0.15) is 0 Å². The average Bonchev–Trinajstić information content (AvgIpc) is 3.73. The first kappa shape index (κ1) is 45.4. The van der Waals surface area contributed by atoms with Gasteiger partial charge in [0.25, 0.3) is 0 Å². The first-order valence-corrected chi connectivity index (χ1v) is 27.1. The predicted molar refractivity (Wildman–Crippen MR) is 298 cm³/mol. The molecule has 0 bridgehead atoms. The van der Waals surface area contributed by atoms with E-state index < -0.39 is 0 Å². The topological polar surface area (TPSA) is 9.72 Å². The van der Waals surface area contributed by atoms with E-state index in [2.05, 4.69) is 211 Å². The second-order valence-corrected chi connectivity index (χ2v) is 27.8. The predicted octanol–water partition coefficient (Wildman–Crippen LogP) is 16.0. The molecule has 0 aromatic heterocycles. The second kappa shape index (κ2) is 13.8. The summed E-state index contributed by atoms with van der Waals surface area (Å²) in [5, 5.41) is 0. The minimum absolute atomic E-state index is 0.000524. The minimum atomic E-state index is -0.211. The van der Waals surface area contributed by atoms with Crippen LogP contribution in [0.1, 0.15) is 205 Å². The van der Waals surface area contributed by atoms with Gasteiger partial charge in [-0.15, -0.1) is 0 Å². The normalized spacial score (nSPS) is 27.2. The zero-order valence-corrected chi connectivity index (χ0v) is 45.6. The first-order valence-electron chi connectivity index (χ1n) is 27.1. The van der Waals surface area contributed by atoms with Crippen LogP contribution in [0.2, 0.25) is 0 Å². The highest BCUT2D eigenvalue weighted by Crippen LogP contribution is 2.67. The van der Waals surface area contributed by atoms with Gasteiger partial charge >= 0.3 is 0 Å². The molecular formula is C65H80BN3. The quantitative estimate of drug-likeness (QED) is 0.163. The van der Waals surface area contributed by atoms with Crippen LogP contribution < -0.4 is 25.6 Å². The van der Waals surface area contributed by atoms with Crippen molar-refractivity contribution in [2.75, 3.05) is 14.7 Å². The van der Waals surface area contributed by atoms with Crippen LogP contribution in [0.4, 0.5) is 34.1 Å². The molecule has 0 radical (unpaired) electrons. The molecule has 4 heterocycles. The van der Waals surface area contributed by atoms with Crippen molar-refractivity contribution < 1.29 is 0 Å². The van der Waals surface area contributed by atoms with E-state index in [4.69, 9.17) is 0 Å². The van der Waals surface area contributed by atoms with Gasteiger partial charge in [0.05, 0.1) is 16.8 Å². The van der Waals surface area contributed by atoms with Gasteiger partial charge in [0.15, 0.2) is 0 Å². The van der Waals surface area contributed by atoms with Crippen molar-refractivity contribution in [2.24, 2.45) is 0 Å². The number of fused-ring (bicyclic) bond motifs is 11. The van der Waals surface area contributed by atoms with Gasteiger partial charge < -0.3 is 14.7 Å². The van der Waals surface area contributed by atoms with E-state index in [1.165, 1.54) is 141 Å².